The van der Waals surface area contributed by atoms with Crippen LogP contribution >= 0.6 is 11.6 Å². The molecule has 22 heavy (non-hydrogen) atoms. The Morgan fingerprint density at radius 3 is 2.27 bits per heavy atom. The van der Waals surface area contributed by atoms with Crippen molar-refractivity contribution < 1.29 is 9.47 Å². The van der Waals surface area contributed by atoms with Crippen LogP contribution in [0.4, 0.5) is 11.4 Å². The third-order valence-electron chi connectivity index (χ3n) is 3.31. The molecule has 118 valence electrons. The van der Waals surface area contributed by atoms with E-state index in [0.29, 0.717) is 34.1 Å². The van der Waals surface area contributed by atoms with Gasteiger partial charge in [0.1, 0.15) is 5.82 Å². The molecule has 0 aliphatic heterocycles. The average Bonchev–Trinajstić information content (AvgIpc) is 2.49. The predicted octanol–water partition coefficient (Wildman–Crippen LogP) is 4.32. The van der Waals surface area contributed by atoms with Gasteiger partial charge in [0.2, 0.25) is 0 Å². The molecule has 0 radical (unpaired) electrons. The molecule has 0 spiro atoms. The molecule has 0 fully saturated rings. The standard InChI is InChI=1S/C16H20ClN3O2/c1-9(2)11-6-14(21-4)15(22-5)7-12(11)20-13-8-18-10(3)19-16(13)17/h6-9,20H,1-5H3. The molecule has 1 aromatic heterocycles. The third-order valence-corrected chi connectivity index (χ3v) is 3.60. The maximum Gasteiger partial charge on any atom is 0.162 e. The fourth-order valence-electron chi connectivity index (χ4n) is 2.15. The highest BCUT2D eigenvalue weighted by Gasteiger charge is 2.15. The number of anilines is 2. The van der Waals surface area contributed by atoms with E-state index in [9.17, 15) is 0 Å². The van der Waals surface area contributed by atoms with Gasteiger partial charge in [0.15, 0.2) is 16.7 Å². The first kappa shape index (κ1) is 16.4. The molecule has 6 heteroatoms. The van der Waals surface area contributed by atoms with Crippen LogP contribution < -0.4 is 14.8 Å². The monoisotopic (exact) mass is 321 g/mol. The van der Waals surface area contributed by atoms with Gasteiger partial charge in [0.25, 0.3) is 0 Å². The normalized spacial score (nSPS) is 10.7. The van der Waals surface area contributed by atoms with Crippen LogP contribution in [0.3, 0.4) is 0 Å². The molecule has 2 rings (SSSR count). The Morgan fingerprint density at radius 1 is 1.09 bits per heavy atom. The Bertz CT molecular complexity index is 675. The SMILES string of the molecule is COc1cc(Nc2cnc(C)nc2Cl)c(C(C)C)cc1OC. The topological polar surface area (TPSA) is 56.3 Å². The van der Waals surface area contributed by atoms with Crippen LogP contribution in [0.1, 0.15) is 31.2 Å². The lowest BCUT2D eigenvalue weighted by Gasteiger charge is -2.18. The fraction of sp³-hybridized carbons (Fsp3) is 0.375. The number of rotatable bonds is 5. The summed E-state index contributed by atoms with van der Waals surface area (Å²) in [4.78, 5) is 8.33. The summed E-state index contributed by atoms with van der Waals surface area (Å²) in [5.74, 6) is 2.28. The van der Waals surface area contributed by atoms with Crippen molar-refractivity contribution in [2.75, 3.05) is 19.5 Å². The van der Waals surface area contributed by atoms with Gasteiger partial charge in [-0.25, -0.2) is 9.97 Å². The molecule has 1 N–H and O–H groups in total. The Hall–Kier alpha value is -2.01. The summed E-state index contributed by atoms with van der Waals surface area (Å²) in [6.45, 7) is 6.02. The minimum atomic E-state index is 0.299. The molecular weight excluding hydrogens is 302 g/mol. The van der Waals surface area contributed by atoms with Crippen molar-refractivity contribution in [3.05, 3.63) is 34.9 Å². The van der Waals surface area contributed by atoms with E-state index in [4.69, 9.17) is 21.1 Å². The highest BCUT2D eigenvalue weighted by molar-refractivity contribution is 6.32. The van der Waals surface area contributed by atoms with Crippen LogP contribution in [0.15, 0.2) is 18.3 Å². The maximum absolute atomic E-state index is 6.17. The van der Waals surface area contributed by atoms with Gasteiger partial charge in [0, 0.05) is 11.8 Å². The minimum Gasteiger partial charge on any atom is -0.493 e. The van der Waals surface area contributed by atoms with Crippen LogP contribution in [-0.2, 0) is 0 Å². The number of hydrogen-bond donors (Lipinski definition) is 1. The van der Waals surface area contributed by atoms with Crippen LogP contribution in [0.5, 0.6) is 11.5 Å². The first-order valence-electron chi connectivity index (χ1n) is 6.98. The number of aryl methyl sites for hydroxylation is 1. The highest BCUT2D eigenvalue weighted by Crippen LogP contribution is 2.38. The van der Waals surface area contributed by atoms with Gasteiger partial charge in [-0.2, -0.15) is 0 Å². The largest absolute Gasteiger partial charge is 0.493 e. The predicted molar refractivity (Wildman–Crippen MR) is 88.7 cm³/mol. The van der Waals surface area contributed by atoms with E-state index in [1.807, 2.05) is 12.1 Å². The number of halogens is 1. The molecule has 0 saturated heterocycles. The summed E-state index contributed by atoms with van der Waals surface area (Å²) >= 11 is 6.17. The molecule has 0 aliphatic rings. The second-order valence-corrected chi connectivity index (χ2v) is 5.55. The van der Waals surface area contributed by atoms with Crippen molar-refractivity contribution >= 4 is 23.0 Å². The first-order valence-corrected chi connectivity index (χ1v) is 7.36. The molecule has 0 atom stereocenters. The van der Waals surface area contributed by atoms with E-state index in [-0.39, 0.29) is 0 Å². The molecule has 0 bridgehead atoms. The van der Waals surface area contributed by atoms with Crippen LogP contribution in [0, 0.1) is 6.92 Å². The third kappa shape index (κ3) is 3.42. The van der Waals surface area contributed by atoms with Crippen molar-refractivity contribution in [1.82, 2.24) is 9.97 Å². The summed E-state index contributed by atoms with van der Waals surface area (Å²) < 4.78 is 10.7. The smallest absolute Gasteiger partial charge is 0.162 e. The van der Waals surface area contributed by atoms with E-state index in [1.165, 1.54) is 0 Å². The van der Waals surface area contributed by atoms with Gasteiger partial charge >= 0.3 is 0 Å². The molecule has 0 unspecified atom stereocenters. The zero-order chi connectivity index (χ0) is 16.3. The number of nitrogens with one attached hydrogen (secondary N) is 1. The number of aromatic nitrogens is 2. The van der Waals surface area contributed by atoms with Crippen molar-refractivity contribution in [3.63, 3.8) is 0 Å². The quantitative estimate of drug-likeness (QED) is 0.831. The van der Waals surface area contributed by atoms with E-state index >= 15 is 0 Å². The Kier molecular flexibility index (Phi) is 5.08. The molecule has 0 aliphatic carbocycles. The van der Waals surface area contributed by atoms with Crippen molar-refractivity contribution in [3.8, 4) is 11.5 Å². The van der Waals surface area contributed by atoms with Gasteiger partial charge < -0.3 is 14.8 Å². The number of benzene rings is 1. The summed E-state index contributed by atoms with van der Waals surface area (Å²) in [6.07, 6.45) is 1.67. The van der Waals surface area contributed by atoms with E-state index < -0.39 is 0 Å². The molecule has 1 heterocycles. The summed E-state index contributed by atoms with van der Waals surface area (Å²) in [5.41, 5.74) is 2.64. The van der Waals surface area contributed by atoms with Crippen molar-refractivity contribution in [2.24, 2.45) is 0 Å². The van der Waals surface area contributed by atoms with Crippen molar-refractivity contribution in [1.29, 1.82) is 0 Å². The number of methoxy groups -OCH3 is 2. The lowest BCUT2D eigenvalue weighted by Crippen LogP contribution is -2.02. The molecule has 0 amide bonds. The number of nitrogens with zero attached hydrogens (tertiary/aromatic N) is 2. The van der Waals surface area contributed by atoms with Gasteiger partial charge in [-0.3, -0.25) is 0 Å². The second kappa shape index (κ2) is 6.83. The van der Waals surface area contributed by atoms with Crippen LogP contribution in [-0.4, -0.2) is 24.2 Å². The van der Waals surface area contributed by atoms with E-state index in [1.54, 1.807) is 27.3 Å². The second-order valence-electron chi connectivity index (χ2n) is 5.20. The Labute approximate surface area is 135 Å². The summed E-state index contributed by atoms with van der Waals surface area (Å²) in [5, 5.41) is 3.67. The zero-order valence-corrected chi connectivity index (χ0v) is 14.2. The molecule has 2 aromatic rings. The van der Waals surface area contributed by atoms with Gasteiger partial charge in [0.05, 0.1) is 26.1 Å². The summed E-state index contributed by atoms with van der Waals surface area (Å²) in [7, 11) is 3.23. The van der Waals surface area contributed by atoms with Crippen LogP contribution in [0.2, 0.25) is 5.15 Å². The number of ether oxygens (including phenoxy) is 2. The lowest BCUT2D eigenvalue weighted by molar-refractivity contribution is 0.354. The lowest BCUT2D eigenvalue weighted by atomic mass is 10.00. The number of hydrogen-bond acceptors (Lipinski definition) is 5. The van der Waals surface area contributed by atoms with Crippen LogP contribution in [0.25, 0.3) is 0 Å². The highest BCUT2D eigenvalue weighted by atomic mass is 35.5. The van der Waals surface area contributed by atoms with Gasteiger partial charge in [-0.15, -0.1) is 0 Å². The average molecular weight is 322 g/mol. The fourth-order valence-corrected chi connectivity index (χ4v) is 2.37. The van der Waals surface area contributed by atoms with Crippen molar-refractivity contribution in [2.45, 2.75) is 26.7 Å². The van der Waals surface area contributed by atoms with Gasteiger partial charge in [-0.1, -0.05) is 25.4 Å². The minimum absolute atomic E-state index is 0.299. The van der Waals surface area contributed by atoms with E-state index in [0.717, 1.165) is 11.3 Å². The maximum atomic E-state index is 6.17. The zero-order valence-electron chi connectivity index (χ0n) is 13.4. The molecule has 1 aromatic carbocycles. The Balaban J connectivity index is 2.48. The molecule has 5 nitrogen and oxygen atoms in total. The van der Waals surface area contributed by atoms with Gasteiger partial charge in [-0.05, 0) is 24.5 Å². The summed E-state index contributed by atoms with van der Waals surface area (Å²) in [6, 6.07) is 3.86. The molecule has 0 saturated carbocycles. The van der Waals surface area contributed by atoms with E-state index in [2.05, 4.69) is 29.1 Å². The Morgan fingerprint density at radius 2 is 1.73 bits per heavy atom. The molecular formula is C16H20ClN3O2. The first-order chi connectivity index (χ1) is 10.5.